The summed E-state index contributed by atoms with van der Waals surface area (Å²) in [4.78, 5) is 2.24. The van der Waals surface area contributed by atoms with Gasteiger partial charge >= 0.3 is 0 Å². The normalized spacial score (nSPS) is 13.0. The zero-order valence-corrected chi connectivity index (χ0v) is 11.8. The summed E-state index contributed by atoms with van der Waals surface area (Å²) in [6.07, 6.45) is 0. The Balaban J connectivity index is 2.09. The number of hydrogen-bond donors (Lipinski definition) is 2. The van der Waals surface area contributed by atoms with Crippen LogP contribution in [0.3, 0.4) is 0 Å². The van der Waals surface area contributed by atoms with E-state index < -0.39 is 0 Å². The Kier molecular flexibility index (Phi) is 3.37. The van der Waals surface area contributed by atoms with Gasteiger partial charge in [-0.15, -0.1) is 22.7 Å². The molecule has 1 atom stereocenters. The van der Waals surface area contributed by atoms with Gasteiger partial charge in [-0.05, 0) is 29.0 Å². The molecule has 0 amide bonds. The number of rotatable bonds is 3. The number of nitrogens with two attached hydrogens (primary N) is 1. The maximum atomic E-state index is 6.18. The SMILES string of the molecule is NNC(c1cc2ccccc2s1)c1sccc1Cl. The highest BCUT2D eigenvalue weighted by Gasteiger charge is 2.19. The molecule has 3 rings (SSSR count). The maximum Gasteiger partial charge on any atom is 0.0909 e. The van der Waals surface area contributed by atoms with E-state index in [1.807, 2.05) is 23.6 Å². The molecule has 2 nitrogen and oxygen atoms in total. The first-order valence-corrected chi connectivity index (χ1v) is 7.54. The molecule has 0 fully saturated rings. The van der Waals surface area contributed by atoms with Crippen molar-refractivity contribution in [1.82, 2.24) is 5.43 Å². The van der Waals surface area contributed by atoms with Crippen molar-refractivity contribution < 1.29 is 0 Å². The van der Waals surface area contributed by atoms with Crippen molar-refractivity contribution in [3.05, 3.63) is 56.6 Å². The van der Waals surface area contributed by atoms with Crippen molar-refractivity contribution in [1.29, 1.82) is 0 Å². The first-order valence-electron chi connectivity index (χ1n) is 5.47. The average molecular weight is 295 g/mol. The van der Waals surface area contributed by atoms with Crippen LogP contribution in [0.2, 0.25) is 5.02 Å². The van der Waals surface area contributed by atoms with E-state index in [0.717, 1.165) is 9.90 Å². The van der Waals surface area contributed by atoms with Crippen LogP contribution in [-0.2, 0) is 0 Å². The predicted molar refractivity (Wildman–Crippen MR) is 80.3 cm³/mol. The number of hydrazine groups is 1. The number of fused-ring (bicyclic) bond motifs is 1. The van der Waals surface area contributed by atoms with Gasteiger partial charge in [-0.3, -0.25) is 5.84 Å². The highest BCUT2D eigenvalue weighted by Crippen LogP contribution is 2.37. The Morgan fingerprint density at radius 3 is 2.72 bits per heavy atom. The molecule has 92 valence electrons. The van der Waals surface area contributed by atoms with Gasteiger partial charge in [0.05, 0.1) is 11.1 Å². The third-order valence-electron chi connectivity index (χ3n) is 2.80. The number of nitrogens with one attached hydrogen (secondary N) is 1. The predicted octanol–water partition coefficient (Wildman–Crippen LogP) is 4.17. The average Bonchev–Trinajstić information content (AvgIpc) is 2.97. The van der Waals surface area contributed by atoms with E-state index >= 15 is 0 Å². The van der Waals surface area contributed by atoms with E-state index in [4.69, 9.17) is 17.4 Å². The summed E-state index contributed by atoms with van der Waals surface area (Å²) >= 11 is 9.54. The zero-order valence-electron chi connectivity index (χ0n) is 9.39. The lowest BCUT2D eigenvalue weighted by Gasteiger charge is -2.12. The molecule has 0 saturated carbocycles. The van der Waals surface area contributed by atoms with Gasteiger partial charge in [-0.1, -0.05) is 29.8 Å². The lowest BCUT2D eigenvalue weighted by molar-refractivity contribution is 0.657. The van der Waals surface area contributed by atoms with Crippen LogP contribution < -0.4 is 11.3 Å². The number of thiophene rings is 2. The third-order valence-corrected chi connectivity index (χ3v) is 5.41. The summed E-state index contributed by atoms with van der Waals surface area (Å²) in [7, 11) is 0. The second kappa shape index (κ2) is 4.99. The maximum absolute atomic E-state index is 6.18. The van der Waals surface area contributed by atoms with Crippen LogP contribution in [0.25, 0.3) is 10.1 Å². The number of hydrogen-bond acceptors (Lipinski definition) is 4. The zero-order chi connectivity index (χ0) is 12.5. The van der Waals surface area contributed by atoms with Crippen LogP contribution >= 0.6 is 34.3 Å². The van der Waals surface area contributed by atoms with Crippen LogP contribution in [-0.4, -0.2) is 0 Å². The molecular weight excluding hydrogens is 284 g/mol. The fourth-order valence-electron chi connectivity index (χ4n) is 1.94. The third kappa shape index (κ3) is 2.06. The molecule has 1 aromatic carbocycles. The van der Waals surface area contributed by atoms with Crippen molar-refractivity contribution in [2.75, 3.05) is 0 Å². The molecule has 3 N–H and O–H groups in total. The smallest absolute Gasteiger partial charge is 0.0909 e. The van der Waals surface area contributed by atoms with E-state index in [-0.39, 0.29) is 6.04 Å². The van der Waals surface area contributed by atoms with Gasteiger partial charge in [0.15, 0.2) is 0 Å². The van der Waals surface area contributed by atoms with Gasteiger partial charge < -0.3 is 0 Å². The van der Waals surface area contributed by atoms with Crippen LogP contribution in [0.1, 0.15) is 15.8 Å². The number of benzene rings is 1. The van der Waals surface area contributed by atoms with E-state index in [1.54, 1.807) is 22.7 Å². The van der Waals surface area contributed by atoms with Crippen molar-refractivity contribution in [3.63, 3.8) is 0 Å². The lowest BCUT2D eigenvalue weighted by Crippen LogP contribution is -2.27. The Morgan fingerprint density at radius 1 is 1.22 bits per heavy atom. The Labute approximate surface area is 118 Å². The van der Waals surface area contributed by atoms with Gasteiger partial charge in [0.2, 0.25) is 0 Å². The summed E-state index contributed by atoms with van der Waals surface area (Å²) in [6.45, 7) is 0. The van der Waals surface area contributed by atoms with E-state index in [0.29, 0.717) is 0 Å². The molecule has 18 heavy (non-hydrogen) atoms. The summed E-state index contributed by atoms with van der Waals surface area (Å²) in [5.74, 6) is 5.69. The van der Waals surface area contributed by atoms with Crippen molar-refractivity contribution >= 4 is 44.4 Å². The first kappa shape index (κ1) is 12.1. The highest BCUT2D eigenvalue weighted by molar-refractivity contribution is 7.19. The van der Waals surface area contributed by atoms with E-state index in [1.165, 1.54) is 15.0 Å². The molecule has 0 aliphatic heterocycles. The van der Waals surface area contributed by atoms with E-state index in [9.17, 15) is 0 Å². The summed E-state index contributed by atoms with van der Waals surface area (Å²) in [6, 6.07) is 12.4. The minimum Gasteiger partial charge on any atom is -0.271 e. The molecule has 2 heterocycles. The largest absolute Gasteiger partial charge is 0.271 e. The number of halogens is 1. The molecular formula is C13H11ClN2S2. The van der Waals surface area contributed by atoms with Crippen molar-refractivity contribution in [3.8, 4) is 0 Å². The minimum absolute atomic E-state index is 0.0325. The molecule has 0 aliphatic carbocycles. The van der Waals surface area contributed by atoms with Gasteiger partial charge in [0.1, 0.15) is 0 Å². The van der Waals surface area contributed by atoms with E-state index in [2.05, 4.69) is 23.6 Å². The van der Waals surface area contributed by atoms with Gasteiger partial charge in [-0.2, -0.15) is 0 Å². The molecule has 0 radical (unpaired) electrons. The summed E-state index contributed by atoms with van der Waals surface area (Å²) in [5.41, 5.74) is 2.86. The van der Waals surface area contributed by atoms with Gasteiger partial charge in [0.25, 0.3) is 0 Å². The minimum atomic E-state index is -0.0325. The first-order chi connectivity index (χ1) is 8.79. The molecule has 3 aromatic rings. The summed E-state index contributed by atoms with van der Waals surface area (Å²) < 4.78 is 1.26. The van der Waals surface area contributed by atoms with Gasteiger partial charge in [-0.25, -0.2) is 5.43 Å². The lowest BCUT2D eigenvalue weighted by atomic mass is 10.2. The highest BCUT2D eigenvalue weighted by atomic mass is 35.5. The Hall–Kier alpha value is -0.910. The van der Waals surface area contributed by atoms with Crippen LogP contribution in [0.4, 0.5) is 0 Å². The fourth-order valence-corrected chi connectivity index (χ4v) is 4.40. The molecule has 0 spiro atoms. The topological polar surface area (TPSA) is 38.0 Å². The second-order valence-electron chi connectivity index (χ2n) is 3.92. The van der Waals surface area contributed by atoms with Gasteiger partial charge in [0, 0.05) is 14.5 Å². The van der Waals surface area contributed by atoms with Crippen molar-refractivity contribution in [2.24, 2.45) is 5.84 Å². The quantitative estimate of drug-likeness (QED) is 0.562. The summed E-state index contributed by atoms with van der Waals surface area (Å²) in [5, 5.41) is 3.99. The fraction of sp³-hybridized carbons (Fsp3) is 0.0769. The van der Waals surface area contributed by atoms with Crippen LogP contribution in [0.5, 0.6) is 0 Å². The van der Waals surface area contributed by atoms with Crippen LogP contribution in [0.15, 0.2) is 41.8 Å². The molecule has 0 aliphatic rings. The molecule has 0 saturated heterocycles. The molecule has 2 aromatic heterocycles. The Bertz CT molecular complexity index is 641. The standard InChI is InChI=1S/C13H11ClN2S2/c14-9-5-6-17-13(9)12(16-15)11-7-8-3-1-2-4-10(8)18-11/h1-7,12,16H,15H2. The molecule has 1 unspecified atom stereocenters. The molecule has 5 heteroatoms. The monoisotopic (exact) mass is 294 g/mol. The Morgan fingerprint density at radius 2 is 2.06 bits per heavy atom. The van der Waals surface area contributed by atoms with Crippen molar-refractivity contribution in [2.45, 2.75) is 6.04 Å². The second-order valence-corrected chi connectivity index (χ2v) is 6.39. The molecule has 0 bridgehead atoms. The van der Waals surface area contributed by atoms with Crippen LogP contribution in [0, 0.1) is 0 Å².